The first-order chi connectivity index (χ1) is 10.8. The lowest BCUT2D eigenvalue weighted by atomic mass is 10.2. The Balaban J connectivity index is 2.35. The summed E-state index contributed by atoms with van der Waals surface area (Å²) in [5, 5.41) is 6.43. The number of nitrogens with zero attached hydrogens (tertiary/aromatic N) is 3. The molecule has 0 bridgehead atoms. The second-order valence-electron chi connectivity index (χ2n) is 4.68. The molecule has 2 heterocycles. The van der Waals surface area contributed by atoms with E-state index in [4.69, 9.17) is 12.2 Å². The maximum Gasteiger partial charge on any atom is 0.417 e. The summed E-state index contributed by atoms with van der Waals surface area (Å²) in [4.78, 5) is 6.31. The smallest absolute Gasteiger partial charge is 0.354 e. The molecule has 0 saturated carbocycles. The van der Waals surface area contributed by atoms with Gasteiger partial charge in [0.05, 0.1) is 16.1 Å². The molecular formula is C14H13F3N4S2. The first-order valence-electron chi connectivity index (χ1n) is 6.41. The molecular weight excluding hydrogens is 345 g/mol. The zero-order valence-electron chi connectivity index (χ0n) is 12.3. The van der Waals surface area contributed by atoms with Gasteiger partial charge in [0.25, 0.3) is 0 Å². The maximum atomic E-state index is 12.6. The van der Waals surface area contributed by atoms with Crippen LogP contribution in [0.1, 0.15) is 16.1 Å². The van der Waals surface area contributed by atoms with Crippen LogP contribution in [0.4, 0.5) is 13.2 Å². The van der Waals surface area contributed by atoms with Gasteiger partial charge in [0, 0.05) is 20.3 Å². The SMILES string of the molecule is CN(C)C(=S)N/N=C(/c1ccc(C(F)(F)F)cn1)c1cccs1. The van der Waals surface area contributed by atoms with Crippen LogP contribution < -0.4 is 5.43 Å². The number of nitrogens with one attached hydrogen (secondary N) is 1. The van der Waals surface area contributed by atoms with Crippen molar-refractivity contribution in [1.29, 1.82) is 0 Å². The van der Waals surface area contributed by atoms with Gasteiger partial charge in [-0.25, -0.2) is 0 Å². The van der Waals surface area contributed by atoms with Gasteiger partial charge in [0.15, 0.2) is 5.11 Å². The molecule has 1 N–H and O–H groups in total. The zero-order chi connectivity index (χ0) is 17.0. The Labute approximate surface area is 140 Å². The lowest BCUT2D eigenvalue weighted by Gasteiger charge is -2.13. The van der Waals surface area contributed by atoms with Crippen molar-refractivity contribution in [2.45, 2.75) is 6.18 Å². The highest BCUT2D eigenvalue weighted by molar-refractivity contribution is 7.80. The number of hydrogen-bond acceptors (Lipinski definition) is 4. The molecule has 2 aromatic rings. The Morgan fingerprint density at radius 2 is 2.04 bits per heavy atom. The Bertz CT molecular complexity index is 692. The third-order valence-electron chi connectivity index (χ3n) is 2.76. The molecule has 0 atom stereocenters. The van der Waals surface area contributed by atoms with E-state index in [1.54, 1.807) is 19.0 Å². The fraction of sp³-hybridized carbons (Fsp3) is 0.214. The summed E-state index contributed by atoms with van der Waals surface area (Å²) >= 11 is 6.49. The van der Waals surface area contributed by atoms with Crippen LogP contribution in [0.2, 0.25) is 0 Å². The van der Waals surface area contributed by atoms with Gasteiger partial charge >= 0.3 is 6.18 Å². The molecule has 0 unspecified atom stereocenters. The highest BCUT2D eigenvalue weighted by Crippen LogP contribution is 2.28. The van der Waals surface area contributed by atoms with Crippen molar-refractivity contribution in [1.82, 2.24) is 15.3 Å². The van der Waals surface area contributed by atoms with E-state index in [1.807, 2.05) is 17.5 Å². The molecule has 9 heteroatoms. The molecule has 0 aliphatic rings. The van der Waals surface area contributed by atoms with Crippen LogP contribution in [0.3, 0.4) is 0 Å². The largest absolute Gasteiger partial charge is 0.417 e. The molecule has 0 aliphatic carbocycles. The molecule has 0 saturated heterocycles. The molecule has 23 heavy (non-hydrogen) atoms. The van der Waals surface area contributed by atoms with Gasteiger partial charge in [-0.05, 0) is 35.8 Å². The second-order valence-corrected chi connectivity index (χ2v) is 6.01. The number of hydrogen-bond donors (Lipinski definition) is 1. The van der Waals surface area contributed by atoms with E-state index in [1.165, 1.54) is 17.4 Å². The highest BCUT2D eigenvalue weighted by atomic mass is 32.1. The fourth-order valence-corrected chi connectivity index (χ4v) is 2.33. The summed E-state index contributed by atoms with van der Waals surface area (Å²) in [6, 6.07) is 5.91. The standard InChI is InChI=1S/C14H13F3N4S2/c1-21(2)13(22)20-19-12(11-4-3-7-23-11)10-6-5-9(8-18-10)14(15,16)17/h3-8H,1-2H3,(H,20,22)/b19-12-. The van der Waals surface area contributed by atoms with Crippen molar-refractivity contribution in [3.63, 3.8) is 0 Å². The molecule has 0 radical (unpaired) electrons. The summed E-state index contributed by atoms with van der Waals surface area (Å²) in [5.41, 5.74) is 2.66. The Morgan fingerprint density at radius 3 is 2.52 bits per heavy atom. The number of rotatable bonds is 3. The van der Waals surface area contributed by atoms with E-state index >= 15 is 0 Å². The average molecular weight is 358 g/mol. The Kier molecular flexibility index (Phi) is 5.32. The van der Waals surface area contributed by atoms with E-state index in [0.29, 0.717) is 16.5 Å². The van der Waals surface area contributed by atoms with Gasteiger partial charge in [-0.15, -0.1) is 11.3 Å². The van der Waals surface area contributed by atoms with Gasteiger partial charge in [0.2, 0.25) is 0 Å². The normalized spacial score (nSPS) is 12.1. The summed E-state index contributed by atoms with van der Waals surface area (Å²) in [6.45, 7) is 0. The highest BCUT2D eigenvalue weighted by Gasteiger charge is 2.30. The minimum Gasteiger partial charge on any atom is -0.354 e. The lowest BCUT2D eigenvalue weighted by molar-refractivity contribution is -0.137. The van der Waals surface area contributed by atoms with Gasteiger partial charge < -0.3 is 4.90 Å². The monoisotopic (exact) mass is 358 g/mol. The van der Waals surface area contributed by atoms with Crippen molar-refractivity contribution in [3.8, 4) is 0 Å². The fourth-order valence-electron chi connectivity index (χ4n) is 1.56. The predicted octanol–water partition coefficient (Wildman–Crippen LogP) is 3.35. The number of halogens is 3. The van der Waals surface area contributed by atoms with Crippen LogP contribution in [0.15, 0.2) is 40.9 Å². The number of thiocarbonyl (C=S) groups is 1. The first kappa shape index (κ1) is 17.4. The third-order valence-corrected chi connectivity index (χ3v) is 4.09. The molecule has 4 nitrogen and oxygen atoms in total. The van der Waals surface area contributed by atoms with Crippen molar-refractivity contribution in [2.75, 3.05) is 14.1 Å². The Morgan fingerprint density at radius 1 is 1.30 bits per heavy atom. The zero-order valence-corrected chi connectivity index (χ0v) is 13.9. The molecule has 0 amide bonds. The average Bonchev–Trinajstić information content (AvgIpc) is 3.01. The van der Waals surface area contributed by atoms with E-state index < -0.39 is 11.7 Å². The molecule has 2 rings (SSSR count). The summed E-state index contributed by atoms with van der Waals surface area (Å²) < 4.78 is 37.9. The van der Waals surface area contributed by atoms with Crippen LogP contribution in [0.25, 0.3) is 0 Å². The summed E-state index contributed by atoms with van der Waals surface area (Å²) in [7, 11) is 3.51. The van der Waals surface area contributed by atoms with Crippen molar-refractivity contribution < 1.29 is 13.2 Å². The molecule has 0 spiro atoms. The number of alkyl halides is 3. The number of thiophene rings is 1. The van der Waals surface area contributed by atoms with Crippen molar-refractivity contribution >= 4 is 34.4 Å². The van der Waals surface area contributed by atoms with E-state index in [2.05, 4.69) is 15.5 Å². The van der Waals surface area contributed by atoms with Crippen LogP contribution >= 0.6 is 23.6 Å². The van der Waals surface area contributed by atoms with Crippen LogP contribution in [-0.4, -0.2) is 34.8 Å². The minimum absolute atomic E-state index is 0.328. The summed E-state index contributed by atoms with van der Waals surface area (Å²) in [5.74, 6) is 0. The topological polar surface area (TPSA) is 40.5 Å². The van der Waals surface area contributed by atoms with Gasteiger partial charge in [-0.1, -0.05) is 6.07 Å². The number of pyridine rings is 1. The van der Waals surface area contributed by atoms with Crippen LogP contribution in [0, 0.1) is 0 Å². The van der Waals surface area contributed by atoms with Gasteiger partial charge in [-0.2, -0.15) is 18.3 Å². The summed E-state index contributed by atoms with van der Waals surface area (Å²) in [6.07, 6.45) is -3.63. The maximum absolute atomic E-state index is 12.6. The second kappa shape index (κ2) is 7.05. The lowest BCUT2D eigenvalue weighted by Crippen LogP contribution is -2.31. The van der Waals surface area contributed by atoms with Crippen molar-refractivity contribution in [2.24, 2.45) is 5.10 Å². The van der Waals surface area contributed by atoms with E-state index in [-0.39, 0.29) is 0 Å². The van der Waals surface area contributed by atoms with Crippen molar-refractivity contribution in [3.05, 3.63) is 52.0 Å². The van der Waals surface area contributed by atoms with E-state index in [9.17, 15) is 13.2 Å². The third kappa shape index (κ3) is 4.49. The molecule has 0 fully saturated rings. The van der Waals surface area contributed by atoms with Crippen LogP contribution in [-0.2, 0) is 6.18 Å². The predicted molar refractivity (Wildman–Crippen MR) is 88.6 cm³/mol. The molecule has 0 aromatic carbocycles. The quantitative estimate of drug-likeness (QED) is 0.519. The Hall–Kier alpha value is -2.00. The first-order valence-corrected chi connectivity index (χ1v) is 7.70. The number of hydrazone groups is 1. The van der Waals surface area contributed by atoms with E-state index in [0.717, 1.165) is 17.1 Å². The molecule has 122 valence electrons. The molecule has 0 aliphatic heterocycles. The molecule has 2 aromatic heterocycles. The minimum atomic E-state index is -4.42. The number of aromatic nitrogens is 1. The van der Waals surface area contributed by atoms with Gasteiger partial charge in [0.1, 0.15) is 5.71 Å². The van der Waals surface area contributed by atoms with Gasteiger partial charge in [-0.3, -0.25) is 10.4 Å². The van der Waals surface area contributed by atoms with Crippen LogP contribution in [0.5, 0.6) is 0 Å².